The molecule has 0 aliphatic carbocycles. The van der Waals surface area contributed by atoms with Crippen molar-refractivity contribution >= 4 is 0 Å². The van der Waals surface area contributed by atoms with Crippen molar-refractivity contribution in [1.29, 1.82) is 0 Å². The first-order valence-electron chi connectivity index (χ1n) is 7.12. The maximum Gasteiger partial charge on any atom is 0.241 e. The second-order valence-electron chi connectivity index (χ2n) is 5.28. The summed E-state index contributed by atoms with van der Waals surface area (Å²) >= 11 is 0. The van der Waals surface area contributed by atoms with Crippen LogP contribution in [0.5, 0.6) is 0 Å². The number of halogens is 2. The standard InChI is InChI=1S/C17H15F2N3O/c1-22(10-13-4-2-3-5-15(13)19)11-16-20-17(21-23-16)12-6-8-14(18)9-7-12/h2-9H,10-11H2,1H3. The second kappa shape index (κ2) is 6.66. The molecule has 0 fully saturated rings. The fourth-order valence-corrected chi connectivity index (χ4v) is 2.24. The van der Waals surface area contributed by atoms with Crippen molar-refractivity contribution in [3.63, 3.8) is 0 Å². The summed E-state index contributed by atoms with van der Waals surface area (Å²) < 4.78 is 31.8. The van der Waals surface area contributed by atoms with Gasteiger partial charge in [0.15, 0.2) is 0 Å². The third-order valence-corrected chi connectivity index (χ3v) is 3.37. The second-order valence-corrected chi connectivity index (χ2v) is 5.28. The van der Waals surface area contributed by atoms with E-state index in [1.165, 1.54) is 18.2 Å². The normalized spacial score (nSPS) is 11.1. The number of nitrogens with zero attached hydrogens (tertiary/aromatic N) is 3. The Labute approximate surface area is 132 Å². The molecule has 1 aromatic heterocycles. The zero-order chi connectivity index (χ0) is 16.2. The maximum absolute atomic E-state index is 13.6. The summed E-state index contributed by atoms with van der Waals surface area (Å²) in [7, 11) is 1.84. The molecule has 0 aliphatic heterocycles. The smallest absolute Gasteiger partial charge is 0.241 e. The van der Waals surface area contributed by atoms with Crippen molar-refractivity contribution in [3.05, 3.63) is 71.6 Å². The van der Waals surface area contributed by atoms with Crippen LogP contribution in [0.3, 0.4) is 0 Å². The maximum atomic E-state index is 13.6. The van der Waals surface area contributed by atoms with Crippen molar-refractivity contribution in [2.45, 2.75) is 13.1 Å². The molecule has 1 heterocycles. The summed E-state index contributed by atoms with van der Waals surface area (Å²) in [6.45, 7) is 0.823. The van der Waals surface area contributed by atoms with Crippen LogP contribution in [0.4, 0.5) is 8.78 Å². The minimum Gasteiger partial charge on any atom is -0.338 e. The third kappa shape index (κ3) is 3.78. The van der Waals surface area contributed by atoms with Gasteiger partial charge < -0.3 is 4.52 Å². The molecule has 2 aromatic carbocycles. The Kier molecular flexibility index (Phi) is 4.43. The molecule has 3 rings (SSSR count). The van der Waals surface area contributed by atoms with E-state index in [4.69, 9.17) is 4.52 Å². The zero-order valence-corrected chi connectivity index (χ0v) is 12.5. The number of benzene rings is 2. The minimum absolute atomic E-state index is 0.239. The summed E-state index contributed by atoms with van der Waals surface area (Å²) in [6.07, 6.45) is 0. The third-order valence-electron chi connectivity index (χ3n) is 3.37. The summed E-state index contributed by atoms with van der Waals surface area (Å²) in [5.74, 6) is 0.265. The van der Waals surface area contributed by atoms with E-state index in [9.17, 15) is 8.78 Å². The molecule has 6 heteroatoms. The molecular formula is C17H15F2N3O. The van der Waals surface area contributed by atoms with E-state index in [-0.39, 0.29) is 11.6 Å². The number of rotatable bonds is 5. The van der Waals surface area contributed by atoms with Gasteiger partial charge in [-0.05, 0) is 37.4 Å². The molecule has 0 radical (unpaired) electrons. The highest BCUT2D eigenvalue weighted by atomic mass is 19.1. The van der Waals surface area contributed by atoms with Gasteiger partial charge in [-0.1, -0.05) is 23.4 Å². The highest BCUT2D eigenvalue weighted by Crippen LogP contribution is 2.17. The lowest BCUT2D eigenvalue weighted by molar-refractivity contribution is 0.258. The van der Waals surface area contributed by atoms with Gasteiger partial charge in [-0.25, -0.2) is 8.78 Å². The highest BCUT2D eigenvalue weighted by molar-refractivity contribution is 5.53. The summed E-state index contributed by atoms with van der Waals surface area (Å²) in [4.78, 5) is 6.15. The topological polar surface area (TPSA) is 42.2 Å². The van der Waals surface area contributed by atoms with Gasteiger partial charge >= 0.3 is 0 Å². The largest absolute Gasteiger partial charge is 0.338 e. The van der Waals surface area contributed by atoms with Crippen LogP contribution in [0.2, 0.25) is 0 Å². The van der Waals surface area contributed by atoms with E-state index in [1.54, 1.807) is 30.3 Å². The lowest BCUT2D eigenvalue weighted by Crippen LogP contribution is -2.18. The zero-order valence-electron chi connectivity index (χ0n) is 12.5. The van der Waals surface area contributed by atoms with Gasteiger partial charge in [0.1, 0.15) is 11.6 Å². The summed E-state index contributed by atoms with van der Waals surface area (Å²) in [5.41, 5.74) is 1.28. The summed E-state index contributed by atoms with van der Waals surface area (Å²) in [6, 6.07) is 12.5. The quantitative estimate of drug-likeness (QED) is 0.721. The SMILES string of the molecule is CN(Cc1nc(-c2ccc(F)cc2)no1)Cc1ccccc1F. The van der Waals surface area contributed by atoms with E-state index in [0.29, 0.717) is 35.9 Å². The van der Waals surface area contributed by atoms with Crippen LogP contribution in [0.25, 0.3) is 11.4 Å². The van der Waals surface area contributed by atoms with Gasteiger partial charge in [-0.2, -0.15) is 4.98 Å². The lowest BCUT2D eigenvalue weighted by atomic mass is 10.2. The molecule has 0 amide bonds. The van der Waals surface area contributed by atoms with E-state index in [0.717, 1.165) is 0 Å². The number of hydrogen-bond donors (Lipinski definition) is 0. The highest BCUT2D eigenvalue weighted by Gasteiger charge is 2.12. The molecule has 0 atom stereocenters. The van der Waals surface area contributed by atoms with Crippen LogP contribution >= 0.6 is 0 Å². The van der Waals surface area contributed by atoms with E-state index < -0.39 is 0 Å². The average molecular weight is 315 g/mol. The Morgan fingerprint density at radius 1 is 1.00 bits per heavy atom. The number of aromatic nitrogens is 2. The first kappa shape index (κ1) is 15.3. The Morgan fingerprint density at radius 2 is 1.74 bits per heavy atom. The van der Waals surface area contributed by atoms with E-state index in [1.807, 2.05) is 11.9 Å². The van der Waals surface area contributed by atoms with Crippen LogP contribution in [-0.2, 0) is 13.1 Å². The first-order valence-corrected chi connectivity index (χ1v) is 7.12. The van der Waals surface area contributed by atoms with E-state index in [2.05, 4.69) is 10.1 Å². The fourth-order valence-electron chi connectivity index (χ4n) is 2.24. The summed E-state index contributed by atoms with van der Waals surface area (Å²) in [5, 5.41) is 3.88. The van der Waals surface area contributed by atoms with Crippen LogP contribution < -0.4 is 0 Å². The molecule has 0 N–H and O–H groups in total. The molecule has 0 spiro atoms. The molecule has 0 saturated heterocycles. The van der Waals surface area contributed by atoms with Crippen molar-refractivity contribution in [2.24, 2.45) is 0 Å². The van der Waals surface area contributed by atoms with Gasteiger partial charge in [-0.15, -0.1) is 0 Å². The first-order chi connectivity index (χ1) is 11.1. The van der Waals surface area contributed by atoms with Gasteiger partial charge in [0.2, 0.25) is 11.7 Å². The molecule has 0 bridgehead atoms. The monoisotopic (exact) mass is 315 g/mol. The van der Waals surface area contributed by atoms with Crippen molar-refractivity contribution in [1.82, 2.24) is 15.0 Å². The van der Waals surface area contributed by atoms with Gasteiger partial charge in [0.05, 0.1) is 6.54 Å². The van der Waals surface area contributed by atoms with E-state index >= 15 is 0 Å². The van der Waals surface area contributed by atoms with Crippen molar-refractivity contribution in [3.8, 4) is 11.4 Å². The molecule has 0 saturated carbocycles. The molecule has 23 heavy (non-hydrogen) atoms. The Hall–Kier alpha value is -2.60. The minimum atomic E-state index is -0.318. The predicted molar refractivity (Wildman–Crippen MR) is 81.3 cm³/mol. The Balaban J connectivity index is 1.67. The molecular weight excluding hydrogens is 300 g/mol. The van der Waals surface area contributed by atoms with Crippen LogP contribution in [0, 0.1) is 11.6 Å². The van der Waals surface area contributed by atoms with Crippen molar-refractivity contribution < 1.29 is 13.3 Å². The Bertz CT molecular complexity index is 787. The van der Waals surface area contributed by atoms with Crippen molar-refractivity contribution in [2.75, 3.05) is 7.05 Å². The molecule has 3 aromatic rings. The lowest BCUT2D eigenvalue weighted by Gasteiger charge is -2.14. The molecule has 118 valence electrons. The molecule has 0 aliphatic rings. The van der Waals surface area contributed by atoms with Crippen LogP contribution in [0.15, 0.2) is 53.1 Å². The molecule has 4 nitrogen and oxygen atoms in total. The van der Waals surface area contributed by atoms with Gasteiger partial charge in [0.25, 0.3) is 0 Å². The van der Waals surface area contributed by atoms with Crippen LogP contribution in [0.1, 0.15) is 11.5 Å². The predicted octanol–water partition coefficient (Wildman–Crippen LogP) is 3.65. The van der Waals surface area contributed by atoms with Crippen LogP contribution in [-0.4, -0.2) is 22.1 Å². The average Bonchev–Trinajstić information content (AvgIpc) is 2.98. The molecule has 0 unspecified atom stereocenters. The number of hydrogen-bond acceptors (Lipinski definition) is 4. The van der Waals surface area contributed by atoms with Gasteiger partial charge in [-0.3, -0.25) is 4.90 Å². The Morgan fingerprint density at radius 3 is 2.48 bits per heavy atom. The van der Waals surface area contributed by atoms with Gasteiger partial charge in [0, 0.05) is 17.7 Å². The fraction of sp³-hybridized carbons (Fsp3) is 0.176.